The predicted molar refractivity (Wildman–Crippen MR) is 520 cm³/mol. The lowest BCUT2D eigenvalue weighted by molar-refractivity contribution is -0.950. The largest absolute Gasteiger partial charge is 1.00 e. The first-order valence-corrected chi connectivity index (χ1v) is 54.4. The Morgan fingerprint density at radius 1 is 0.468 bits per heavy atom. The van der Waals surface area contributed by atoms with E-state index in [0.717, 1.165) is 266 Å². The number of alkyl halides is 2. The number of nitrogens with zero attached hydrogens (tertiary/aromatic N) is 6. The van der Waals surface area contributed by atoms with Crippen molar-refractivity contribution in [2.24, 2.45) is 35.3 Å². The number of aromatic hydroxyl groups is 5. The lowest BCUT2D eigenvalue weighted by Gasteiger charge is -2.65. The number of quaternary nitrogens is 1. The normalized spacial score (nSPS) is 40.4. The average Bonchev–Trinajstić information content (AvgIpc) is 1.57. The molecule has 758 valence electrons. The highest BCUT2D eigenvalue weighted by molar-refractivity contribution is 6.18. The van der Waals surface area contributed by atoms with Crippen LogP contribution >= 0.6 is 23.2 Å². The monoisotopic (exact) mass is 2040 g/mol. The Morgan fingerprint density at radius 3 is 1.30 bits per heavy atom. The van der Waals surface area contributed by atoms with Crippen LogP contribution in [0.1, 0.15) is 216 Å². The quantitative estimate of drug-likeness (QED) is 0.0142. The van der Waals surface area contributed by atoms with Gasteiger partial charge in [-0.15, -0.1) is 23.2 Å². The maximum absolute atomic E-state index is 12.8. The number of phenols is 5. The summed E-state index contributed by atoms with van der Waals surface area (Å²) in [6.45, 7) is 16.1. The van der Waals surface area contributed by atoms with E-state index in [-0.39, 0.29) is 118 Å². The number of piperidine rings is 5. The van der Waals surface area contributed by atoms with Gasteiger partial charge in [-0.3, -0.25) is 34.1 Å². The number of ether oxygens (including phenoxy) is 6. The summed E-state index contributed by atoms with van der Waals surface area (Å²) in [6, 6.07) is 19.0. The van der Waals surface area contributed by atoms with Gasteiger partial charge < -0.3 is 112 Å². The second kappa shape index (κ2) is 33.4. The van der Waals surface area contributed by atoms with Gasteiger partial charge >= 0.3 is 5.97 Å². The molecule has 10 bridgehead atoms. The first kappa shape index (κ1) is 94.7. The van der Waals surface area contributed by atoms with Gasteiger partial charge in [-0.2, -0.15) is 0 Å². The van der Waals surface area contributed by atoms with Crippen LogP contribution < -0.4 is 51.7 Å². The number of hydrogen-bond donors (Lipinski definition) is 12. The standard InChI is InChI=1S/C25H30N2O6.C24H32Cl2N2O3.C21H25NO4.C21H25NO3.C20H26N2O3.BrH/c1-32-20(30)7-6-19(29)26-16-8-9-25(31)18-12-15-4-5-17(28)22-21(15)24(25,23(16)33-22)10-11-27(18)13-14-2-3-14;25-8-11-27(12-9-26)17-5-6-24(30)19-13-16-3-4-18(29)21-20(16)23(24,22(17)31-21)7-10-28(19)14-15-1-2-15;1-22(11-12-2-3-12)9-8-20-17-13-4-5-14(23)18(17)26-19(20)15(24)6-7-21(20,25)16(22)10-13;1-12-6-7-21(24)16-10-14-4-5-15(23)18-17(14)20(21,19(12)25-18)8-9-22(16)11-13-2-3-13;21-13-5-6-20(24)15-9-12-3-4-14(23)17-16(12)19(20,18(13)25-17)7-8-22(15)10-11-1-2-11;/h4-7,14,16,18,23,28,31H,2-3,8-13H2,1H3,(H,26,29);3-4,15,17,19,22,29-30H,1-2,5-14H2;4-5,12,16,19,25H,2-3,6-11H2,1H3;4-5,13,16,19,23-24H,1-3,6-11H2;3-4,11,13,15,18,23-24H,1-2,5-10,21H2;1H/b7-6+;;;;;/t16-,18-,23+,24+,25-;17-,19-,22+,23+,24-;16-,19+,20+,21-,22?;16-,19+,20+,21-;13-,15-,18+,19+,20-;/m11111./s1. The Hall–Kier alpha value is -7.23. The fourth-order valence-corrected chi connectivity index (χ4v) is 34.8. The van der Waals surface area contributed by atoms with E-state index in [1.165, 1.54) is 88.0 Å². The number of phenolic OH excluding ortho intramolecular Hbond substituents is 5. The number of amides is 1. The van der Waals surface area contributed by atoms with Gasteiger partial charge in [-0.05, 0) is 287 Å². The summed E-state index contributed by atoms with van der Waals surface area (Å²) in [7, 11) is 3.57. The summed E-state index contributed by atoms with van der Waals surface area (Å²) >= 11 is 12.3. The summed E-state index contributed by atoms with van der Waals surface area (Å²) in [5.41, 5.74) is 11.6. The number of rotatable bonds is 18. The molecule has 13 N–H and O–H groups in total. The molecule has 10 heterocycles. The molecule has 5 saturated heterocycles. The lowest BCUT2D eigenvalue weighted by Crippen LogP contribution is -3.00. The summed E-state index contributed by atoms with van der Waals surface area (Å²) in [5, 5.41) is 117. The van der Waals surface area contributed by atoms with Crippen LogP contribution in [0.15, 0.2) is 85.0 Å². The Bertz CT molecular complexity index is 5990. The first-order valence-electron chi connectivity index (χ1n) is 53.3. The van der Waals surface area contributed by atoms with Crippen molar-refractivity contribution in [1.82, 2.24) is 29.8 Å². The van der Waals surface area contributed by atoms with Crippen molar-refractivity contribution in [3.05, 3.63) is 141 Å². The number of carbonyl (C=O) groups is 3. The number of benzene rings is 5. The fourth-order valence-electron chi connectivity index (χ4n) is 34.4. The third-order valence-electron chi connectivity index (χ3n) is 41.4. The van der Waals surface area contributed by atoms with Crippen LogP contribution in [0.2, 0.25) is 0 Å². The smallest absolute Gasteiger partial charge is 0.330 e. The lowest BCUT2D eigenvalue weighted by atomic mass is 9.48. The number of Topliss-reactive ketones (excluding diaryl/α,β-unsaturated/α-hetero) is 1. The second-order valence-electron chi connectivity index (χ2n) is 48.1. The molecule has 25 aliphatic rings. The van der Waals surface area contributed by atoms with Gasteiger partial charge in [0.05, 0.1) is 82.8 Å². The van der Waals surface area contributed by atoms with E-state index in [2.05, 4.69) is 54.2 Å². The molecule has 30 rings (SSSR count). The van der Waals surface area contributed by atoms with E-state index in [1.807, 2.05) is 24.3 Å². The molecule has 1 unspecified atom stereocenters. The Balaban J connectivity index is 0.0000000930. The number of nitrogens with one attached hydrogen (secondary N) is 1. The topological polar surface area (TPSA) is 363 Å². The molecule has 141 heavy (non-hydrogen) atoms. The number of nitrogens with two attached hydrogens (primary N) is 1. The van der Waals surface area contributed by atoms with Crippen molar-refractivity contribution in [3.8, 4) is 57.5 Å². The highest BCUT2D eigenvalue weighted by atomic mass is 79.9. The van der Waals surface area contributed by atoms with Gasteiger partial charge in [0.15, 0.2) is 69.4 Å². The molecule has 24 atom stereocenters. The zero-order valence-electron chi connectivity index (χ0n) is 81.2. The van der Waals surface area contributed by atoms with Gasteiger partial charge in [0, 0.05) is 152 Å². The fraction of sp³-hybridized carbons (Fsp3) is 0.667. The molecular weight excluding hydrogens is 1900 g/mol. The molecule has 0 aromatic heterocycles. The first-order chi connectivity index (χ1) is 67.4. The van der Waals surface area contributed by atoms with Gasteiger partial charge in [0.1, 0.15) is 36.1 Å². The number of likely N-dealkylation sites (tertiary alicyclic amines) is 5. The molecular formula is C111H139BrCl2N8O19. The van der Waals surface area contributed by atoms with Crippen LogP contribution in [0.4, 0.5) is 0 Å². The molecule has 10 aliphatic heterocycles. The summed E-state index contributed by atoms with van der Waals surface area (Å²) in [6.07, 6.45) is 28.5. The van der Waals surface area contributed by atoms with E-state index in [0.29, 0.717) is 72.6 Å². The number of methoxy groups -OCH3 is 1. The molecule has 15 aliphatic carbocycles. The predicted octanol–water partition coefficient (Wildman–Crippen LogP) is 6.74. The van der Waals surface area contributed by atoms with Crippen molar-refractivity contribution in [3.63, 3.8) is 0 Å². The van der Waals surface area contributed by atoms with Crippen molar-refractivity contribution in [2.45, 2.75) is 327 Å². The maximum atomic E-state index is 12.8. The summed E-state index contributed by atoms with van der Waals surface area (Å²) < 4.78 is 37.1. The van der Waals surface area contributed by atoms with E-state index in [4.69, 9.17) is 52.6 Å². The molecule has 1 amide bonds. The second-order valence-corrected chi connectivity index (χ2v) is 48.9. The van der Waals surface area contributed by atoms with E-state index < -0.39 is 79.2 Å². The molecule has 5 aromatic carbocycles. The zero-order valence-corrected chi connectivity index (χ0v) is 84.3. The van der Waals surface area contributed by atoms with Crippen LogP contribution in [-0.2, 0) is 78.3 Å². The van der Waals surface area contributed by atoms with Crippen LogP contribution in [0.25, 0.3) is 0 Å². The molecule has 10 saturated carbocycles. The Morgan fingerprint density at radius 2 is 0.844 bits per heavy atom. The van der Waals surface area contributed by atoms with Crippen molar-refractivity contribution in [1.29, 1.82) is 0 Å². The van der Waals surface area contributed by atoms with Crippen LogP contribution in [0.5, 0.6) is 57.5 Å². The minimum absolute atomic E-state index is 0. The van der Waals surface area contributed by atoms with Gasteiger partial charge in [-0.25, -0.2) is 4.79 Å². The SMILES string of the molecule is C=C1CC[C@@]2(O)[C@H]3Cc4ccc(O)c5c4[C@@]2(CCN3CC2CC2)[C@H]1O5.COC(=O)/C=C/C(=O)N[C@@H]1CC[C@@]2(O)[C@H]3Cc4ccc(O)c5c4[C@@]2(CCN3CC2CC2)[C@H]1O5.C[N+]1(CC2CC2)CC[C@]23c4c5ccc(O)c4O[C@H]2C(=O)CC[C@@]3(O)[C@H]1C5.N[C@@H]1CC[C@@]2(O)[C@H]3Cc4ccc(O)c5c4[C@@]2(CCN3CC2CC2)[C@H]1O5.Oc1ccc2c3c1O[C@H]1[C@H](N(CCCl)CCCl)CC[C@@]4(O)[C@@H](C2)N(CC2CC2)CC[C@]314.[Br-]. The van der Waals surface area contributed by atoms with Gasteiger partial charge in [-0.1, -0.05) is 36.9 Å². The Labute approximate surface area is 845 Å². The average molecular weight is 2040 g/mol. The zero-order chi connectivity index (χ0) is 96.2. The number of halogens is 3. The van der Waals surface area contributed by atoms with E-state index in [9.17, 15) is 65.4 Å². The molecule has 5 aromatic rings. The highest BCUT2D eigenvalue weighted by Crippen LogP contribution is 2.73. The number of carbonyl (C=O) groups excluding carboxylic acids is 3. The minimum atomic E-state index is -0.986. The molecule has 27 nitrogen and oxygen atoms in total. The number of ketones is 1. The minimum Gasteiger partial charge on any atom is -1.00 e. The van der Waals surface area contributed by atoms with E-state index >= 15 is 0 Å². The van der Waals surface area contributed by atoms with Crippen LogP contribution in [0.3, 0.4) is 0 Å². The molecule has 30 heteroatoms. The molecule has 5 spiro atoms. The third kappa shape index (κ3) is 13.3. The number of esters is 1. The number of aliphatic hydroxyl groups is 5. The Kier molecular flexibility index (Phi) is 22.4. The van der Waals surface area contributed by atoms with Crippen molar-refractivity contribution in [2.75, 3.05) is 104 Å². The number of hydrogen-bond acceptors (Lipinski definition) is 25. The molecule has 15 fully saturated rings. The van der Waals surface area contributed by atoms with E-state index in [1.54, 1.807) is 30.3 Å². The maximum Gasteiger partial charge on any atom is 0.330 e. The van der Waals surface area contributed by atoms with Crippen LogP contribution in [-0.4, -0.2) is 309 Å². The summed E-state index contributed by atoms with van der Waals surface area (Å²) in [5.74, 6) is 7.60. The number of likely N-dealkylation sites (N-methyl/N-ethyl adjacent to an activating group) is 1. The molecule has 0 radical (unpaired) electrons. The summed E-state index contributed by atoms with van der Waals surface area (Å²) in [4.78, 5) is 49.3. The third-order valence-corrected chi connectivity index (χ3v) is 41.7. The van der Waals surface area contributed by atoms with Gasteiger partial charge in [0.25, 0.3) is 0 Å². The van der Waals surface area contributed by atoms with Crippen molar-refractivity contribution < 1.29 is 115 Å². The van der Waals surface area contributed by atoms with Crippen molar-refractivity contribution >= 4 is 40.9 Å². The van der Waals surface area contributed by atoms with Crippen LogP contribution in [0, 0.1) is 29.6 Å². The highest BCUT2D eigenvalue weighted by Gasteiger charge is 2.81. The van der Waals surface area contributed by atoms with Gasteiger partial charge in [0.2, 0.25) is 5.91 Å².